The second kappa shape index (κ2) is 4.97. The second-order valence-corrected chi connectivity index (χ2v) is 3.87. The first kappa shape index (κ1) is 11.8. The topological polar surface area (TPSA) is 71.3 Å². The van der Waals surface area contributed by atoms with E-state index in [-0.39, 0.29) is 12.5 Å². The molecule has 0 bridgehead atoms. The van der Waals surface area contributed by atoms with Gasteiger partial charge in [0.15, 0.2) is 0 Å². The van der Waals surface area contributed by atoms with Gasteiger partial charge in [0.2, 0.25) is 11.8 Å². The molecule has 1 unspecified atom stereocenters. The molecule has 0 spiro atoms. The number of rotatable bonds is 4. The van der Waals surface area contributed by atoms with Gasteiger partial charge in [-0.15, -0.1) is 11.6 Å². The Morgan fingerprint density at radius 3 is 2.80 bits per heavy atom. The van der Waals surface area contributed by atoms with Gasteiger partial charge in [0.05, 0.1) is 6.54 Å². The zero-order valence-electron chi connectivity index (χ0n) is 8.82. The number of nitrogens with zero attached hydrogens (tertiary/aromatic N) is 3. The van der Waals surface area contributed by atoms with Crippen LogP contribution in [0.4, 0.5) is 5.95 Å². The molecule has 1 atom stereocenters. The molecule has 0 saturated carbocycles. The molecule has 0 fully saturated rings. The van der Waals surface area contributed by atoms with Crippen LogP contribution in [0.25, 0.3) is 0 Å². The van der Waals surface area contributed by atoms with Crippen molar-refractivity contribution in [1.29, 1.82) is 0 Å². The highest BCUT2D eigenvalue weighted by Gasteiger charge is 2.11. The number of alkyl halides is 1. The van der Waals surface area contributed by atoms with Crippen molar-refractivity contribution in [2.45, 2.75) is 18.8 Å². The van der Waals surface area contributed by atoms with Gasteiger partial charge in [-0.1, -0.05) is 0 Å². The van der Waals surface area contributed by atoms with Crippen molar-refractivity contribution in [2.24, 2.45) is 0 Å². The fourth-order valence-electron chi connectivity index (χ4n) is 0.803. The molecule has 0 aliphatic carbocycles. The van der Waals surface area contributed by atoms with Gasteiger partial charge in [-0.2, -0.15) is 4.98 Å². The van der Waals surface area contributed by atoms with Crippen LogP contribution < -0.4 is 10.2 Å². The van der Waals surface area contributed by atoms with Crippen molar-refractivity contribution in [3.05, 3.63) is 5.89 Å². The van der Waals surface area contributed by atoms with E-state index in [1.54, 1.807) is 25.9 Å². The average molecular weight is 233 g/mol. The molecule has 7 heteroatoms. The van der Waals surface area contributed by atoms with Crippen molar-refractivity contribution in [2.75, 3.05) is 19.0 Å². The maximum absolute atomic E-state index is 11.1. The summed E-state index contributed by atoms with van der Waals surface area (Å²) in [4.78, 5) is 16.9. The lowest BCUT2D eigenvalue weighted by Crippen LogP contribution is -2.29. The summed E-state index contributed by atoms with van der Waals surface area (Å²) in [5.74, 6) is 0.559. The molecule has 0 aliphatic heterocycles. The third-order valence-electron chi connectivity index (χ3n) is 1.63. The van der Waals surface area contributed by atoms with Gasteiger partial charge in [0.1, 0.15) is 5.38 Å². The third kappa shape index (κ3) is 3.39. The number of nitrogens with one attached hydrogen (secondary N) is 1. The molecule has 0 aliphatic rings. The molecule has 0 radical (unpaired) electrons. The number of hydrogen-bond donors (Lipinski definition) is 1. The Bertz CT molecular complexity index is 337. The van der Waals surface area contributed by atoms with Gasteiger partial charge in [0.25, 0.3) is 5.95 Å². The van der Waals surface area contributed by atoms with Gasteiger partial charge in [-0.25, -0.2) is 0 Å². The Morgan fingerprint density at radius 1 is 1.67 bits per heavy atom. The highest BCUT2D eigenvalue weighted by atomic mass is 35.5. The van der Waals surface area contributed by atoms with Crippen LogP contribution >= 0.6 is 11.6 Å². The minimum Gasteiger partial charge on any atom is -0.346 e. The number of halogens is 1. The number of amides is 1. The molecule has 0 aromatic carbocycles. The summed E-state index contributed by atoms with van der Waals surface area (Å²) < 4.78 is 4.90. The summed E-state index contributed by atoms with van der Waals surface area (Å²) in [5, 5.41) is 5.69. The Morgan fingerprint density at radius 2 is 2.33 bits per heavy atom. The number of carbonyl (C=O) groups is 1. The van der Waals surface area contributed by atoms with Crippen LogP contribution in [0.3, 0.4) is 0 Å². The number of anilines is 1. The Hall–Kier alpha value is -1.30. The van der Waals surface area contributed by atoms with Crippen LogP contribution in [-0.2, 0) is 11.3 Å². The summed E-state index contributed by atoms with van der Waals surface area (Å²) >= 11 is 5.56. The summed E-state index contributed by atoms with van der Waals surface area (Å²) in [7, 11) is 3.60. The molecule has 1 amide bonds. The van der Waals surface area contributed by atoms with E-state index in [0.717, 1.165) is 0 Å². The van der Waals surface area contributed by atoms with Crippen molar-refractivity contribution in [1.82, 2.24) is 15.5 Å². The van der Waals surface area contributed by atoms with Crippen molar-refractivity contribution in [3.8, 4) is 0 Å². The number of hydrogen-bond acceptors (Lipinski definition) is 5. The van der Waals surface area contributed by atoms with Crippen molar-refractivity contribution < 1.29 is 9.32 Å². The van der Waals surface area contributed by atoms with Gasteiger partial charge in [0, 0.05) is 14.1 Å². The summed E-state index contributed by atoms with van der Waals surface area (Å²) in [6, 6.07) is 0. The average Bonchev–Trinajstić information content (AvgIpc) is 2.62. The van der Waals surface area contributed by atoms with E-state index in [1.807, 2.05) is 0 Å². The number of carbonyl (C=O) groups excluding carboxylic acids is 1. The van der Waals surface area contributed by atoms with Crippen LogP contribution in [0.1, 0.15) is 12.8 Å². The van der Waals surface area contributed by atoms with Crippen LogP contribution in [0, 0.1) is 0 Å². The van der Waals surface area contributed by atoms with Crippen LogP contribution in [0.2, 0.25) is 0 Å². The largest absolute Gasteiger partial charge is 0.346 e. The van der Waals surface area contributed by atoms with Gasteiger partial charge < -0.3 is 14.7 Å². The van der Waals surface area contributed by atoms with E-state index < -0.39 is 5.38 Å². The van der Waals surface area contributed by atoms with Gasteiger partial charge >= 0.3 is 0 Å². The van der Waals surface area contributed by atoms with E-state index in [1.165, 1.54) is 0 Å². The van der Waals surface area contributed by atoms with Crippen LogP contribution in [0.15, 0.2) is 4.52 Å². The zero-order valence-corrected chi connectivity index (χ0v) is 9.58. The zero-order chi connectivity index (χ0) is 11.4. The maximum Gasteiger partial charge on any atom is 0.265 e. The highest BCUT2D eigenvalue weighted by molar-refractivity contribution is 6.30. The number of aromatic nitrogens is 2. The van der Waals surface area contributed by atoms with E-state index in [2.05, 4.69) is 15.5 Å². The Balaban J connectivity index is 2.48. The Labute approximate surface area is 92.6 Å². The first-order chi connectivity index (χ1) is 7.00. The molecule has 1 heterocycles. The lowest BCUT2D eigenvalue weighted by Gasteiger charge is -2.03. The fraction of sp³-hybridized carbons (Fsp3) is 0.625. The smallest absolute Gasteiger partial charge is 0.265 e. The Kier molecular flexibility index (Phi) is 3.90. The molecule has 1 aromatic heterocycles. The second-order valence-electron chi connectivity index (χ2n) is 3.22. The lowest BCUT2D eigenvalue weighted by molar-refractivity contribution is -0.120. The molecular weight excluding hydrogens is 220 g/mol. The van der Waals surface area contributed by atoms with Crippen LogP contribution in [0.5, 0.6) is 0 Å². The minimum atomic E-state index is -0.568. The van der Waals surface area contributed by atoms with Crippen molar-refractivity contribution >= 4 is 23.5 Å². The molecule has 0 saturated heterocycles. The molecule has 6 nitrogen and oxygen atoms in total. The van der Waals surface area contributed by atoms with E-state index in [9.17, 15) is 4.79 Å². The van der Waals surface area contributed by atoms with E-state index in [4.69, 9.17) is 16.1 Å². The normalized spacial score (nSPS) is 12.3. The predicted octanol–water partition coefficient (Wildman–Crippen LogP) is 0.379. The van der Waals surface area contributed by atoms with Gasteiger partial charge in [-0.05, 0) is 12.1 Å². The van der Waals surface area contributed by atoms with Gasteiger partial charge in [-0.3, -0.25) is 4.79 Å². The summed E-state index contributed by atoms with van der Waals surface area (Å²) in [5.41, 5.74) is 0. The first-order valence-corrected chi connectivity index (χ1v) is 4.86. The predicted molar refractivity (Wildman–Crippen MR) is 55.8 cm³/mol. The van der Waals surface area contributed by atoms with Crippen LogP contribution in [-0.4, -0.2) is 35.5 Å². The highest BCUT2D eigenvalue weighted by Crippen LogP contribution is 2.04. The molecule has 1 aromatic rings. The standard InChI is InChI=1S/C8H13ClN4O2/c1-5(9)7(14)10-4-6-11-8(12-15-6)13(2)3/h5H,4H2,1-3H3,(H,10,14). The van der Waals surface area contributed by atoms with E-state index >= 15 is 0 Å². The summed E-state index contributed by atoms with van der Waals surface area (Å²) in [6.07, 6.45) is 0. The maximum atomic E-state index is 11.1. The fourth-order valence-corrected chi connectivity index (χ4v) is 0.880. The third-order valence-corrected chi connectivity index (χ3v) is 1.83. The molecule has 1 N–H and O–H groups in total. The molecular formula is C8H13ClN4O2. The molecule has 84 valence electrons. The van der Waals surface area contributed by atoms with E-state index in [0.29, 0.717) is 11.8 Å². The minimum absolute atomic E-state index is 0.191. The quantitative estimate of drug-likeness (QED) is 0.760. The first-order valence-electron chi connectivity index (χ1n) is 4.42. The lowest BCUT2D eigenvalue weighted by atomic mass is 10.4. The molecule has 15 heavy (non-hydrogen) atoms. The summed E-state index contributed by atoms with van der Waals surface area (Å²) in [6.45, 7) is 1.78. The monoisotopic (exact) mass is 232 g/mol. The molecule has 1 rings (SSSR count). The van der Waals surface area contributed by atoms with Crippen molar-refractivity contribution in [3.63, 3.8) is 0 Å². The SMILES string of the molecule is CC(Cl)C(=O)NCc1nc(N(C)C)no1.